The van der Waals surface area contributed by atoms with E-state index in [9.17, 15) is 0 Å². The predicted octanol–water partition coefficient (Wildman–Crippen LogP) is 3.62. The molecule has 2 aliphatic rings. The summed E-state index contributed by atoms with van der Waals surface area (Å²) in [6.45, 7) is 6.07. The Morgan fingerprint density at radius 2 is 2.00 bits per heavy atom. The molecule has 4 heteroatoms. The highest BCUT2D eigenvalue weighted by Crippen LogP contribution is 2.44. The monoisotopic (exact) mass is 311 g/mol. The van der Waals surface area contributed by atoms with E-state index in [0.29, 0.717) is 12.6 Å². The standard InChI is InChI=1S/C17H25NO2.ClH/c1-3-17(14-9-5-4-6-10-14)19-13-16(2,20-17)15-11-7-8-12-18-15;/h4-6,9-10,15,18H,3,7-8,11-13H2,1-2H3;1H/t15-,16+,17-;/m0./s1. The molecule has 0 bridgehead atoms. The van der Waals surface area contributed by atoms with Crippen LogP contribution >= 0.6 is 12.4 Å². The Morgan fingerprint density at radius 3 is 2.62 bits per heavy atom. The van der Waals surface area contributed by atoms with Gasteiger partial charge in [0.25, 0.3) is 0 Å². The maximum absolute atomic E-state index is 6.53. The second kappa shape index (κ2) is 6.66. The fraction of sp³-hybridized carbons (Fsp3) is 0.647. The summed E-state index contributed by atoms with van der Waals surface area (Å²) in [6.07, 6.45) is 4.56. The van der Waals surface area contributed by atoms with Crippen LogP contribution in [0.25, 0.3) is 0 Å². The molecule has 1 N–H and O–H groups in total. The summed E-state index contributed by atoms with van der Waals surface area (Å²) in [5.74, 6) is -0.574. The van der Waals surface area contributed by atoms with Crippen molar-refractivity contribution in [2.45, 2.75) is 57.0 Å². The van der Waals surface area contributed by atoms with E-state index in [1.54, 1.807) is 0 Å². The van der Waals surface area contributed by atoms with Crippen LogP contribution in [-0.4, -0.2) is 24.8 Å². The van der Waals surface area contributed by atoms with Crippen LogP contribution in [0.5, 0.6) is 0 Å². The summed E-state index contributed by atoms with van der Waals surface area (Å²) < 4.78 is 12.7. The maximum Gasteiger partial charge on any atom is 0.195 e. The lowest BCUT2D eigenvalue weighted by Crippen LogP contribution is -2.53. The Balaban J connectivity index is 0.00000161. The highest BCUT2D eigenvalue weighted by atomic mass is 35.5. The normalized spacial score (nSPS) is 36.2. The molecule has 118 valence electrons. The second-order valence-corrected chi connectivity index (χ2v) is 6.18. The number of ether oxygens (including phenoxy) is 2. The third kappa shape index (κ3) is 3.11. The van der Waals surface area contributed by atoms with Gasteiger partial charge in [-0.15, -0.1) is 12.4 Å². The lowest BCUT2D eigenvalue weighted by atomic mass is 9.90. The van der Waals surface area contributed by atoms with E-state index in [4.69, 9.17) is 9.47 Å². The summed E-state index contributed by atoms with van der Waals surface area (Å²) in [5.41, 5.74) is 0.897. The van der Waals surface area contributed by atoms with Crippen LogP contribution in [0.2, 0.25) is 0 Å². The van der Waals surface area contributed by atoms with Crippen molar-refractivity contribution < 1.29 is 9.47 Å². The minimum absolute atomic E-state index is 0. The molecule has 3 rings (SSSR count). The molecule has 0 amide bonds. The molecule has 0 aliphatic carbocycles. The van der Waals surface area contributed by atoms with Crippen molar-refractivity contribution in [3.8, 4) is 0 Å². The van der Waals surface area contributed by atoms with Crippen LogP contribution in [0.15, 0.2) is 30.3 Å². The second-order valence-electron chi connectivity index (χ2n) is 6.18. The first-order valence-electron chi connectivity index (χ1n) is 7.82. The molecule has 2 saturated heterocycles. The minimum Gasteiger partial charge on any atom is -0.343 e. The minimum atomic E-state index is -0.574. The van der Waals surface area contributed by atoms with E-state index in [2.05, 4.69) is 31.3 Å². The molecule has 0 spiro atoms. The van der Waals surface area contributed by atoms with Gasteiger partial charge in [0, 0.05) is 18.0 Å². The molecule has 0 radical (unpaired) electrons. The van der Waals surface area contributed by atoms with Crippen LogP contribution in [0.4, 0.5) is 0 Å². The lowest BCUT2D eigenvalue weighted by molar-refractivity contribution is -0.201. The maximum atomic E-state index is 6.53. The van der Waals surface area contributed by atoms with E-state index in [1.807, 2.05) is 18.2 Å². The Hall–Kier alpha value is -0.610. The molecule has 1 aromatic rings. The zero-order valence-electron chi connectivity index (χ0n) is 12.9. The third-order valence-corrected chi connectivity index (χ3v) is 4.72. The van der Waals surface area contributed by atoms with E-state index in [-0.39, 0.29) is 18.0 Å². The SMILES string of the molecule is CC[C@]1(c2ccccc2)OC[C@](C)([C@@H]2CCCCN2)O1.Cl. The van der Waals surface area contributed by atoms with Crippen LogP contribution in [0, 0.1) is 0 Å². The van der Waals surface area contributed by atoms with Crippen molar-refractivity contribution in [3.63, 3.8) is 0 Å². The number of hydrogen-bond acceptors (Lipinski definition) is 3. The molecule has 1 aromatic carbocycles. The number of piperidine rings is 1. The predicted molar refractivity (Wildman–Crippen MR) is 86.7 cm³/mol. The fourth-order valence-corrected chi connectivity index (χ4v) is 3.45. The first-order valence-corrected chi connectivity index (χ1v) is 7.82. The van der Waals surface area contributed by atoms with Gasteiger partial charge in [0.2, 0.25) is 0 Å². The number of halogens is 1. The average molecular weight is 312 g/mol. The van der Waals surface area contributed by atoms with Gasteiger partial charge in [0.1, 0.15) is 5.60 Å². The molecule has 2 heterocycles. The Kier molecular flexibility index (Phi) is 5.31. The Labute approximate surface area is 133 Å². The van der Waals surface area contributed by atoms with Crippen molar-refractivity contribution in [3.05, 3.63) is 35.9 Å². The summed E-state index contributed by atoms with van der Waals surface area (Å²) in [6, 6.07) is 10.7. The highest BCUT2D eigenvalue weighted by molar-refractivity contribution is 5.85. The molecular formula is C17H26ClNO2. The van der Waals surface area contributed by atoms with Gasteiger partial charge in [-0.25, -0.2) is 0 Å². The molecule has 2 aliphatic heterocycles. The first kappa shape index (κ1) is 16.8. The first-order chi connectivity index (χ1) is 9.69. The number of rotatable bonds is 3. The van der Waals surface area contributed by atoms with Crippen LogP contribution in [0.1, 0.15) is 45.1 Å². The average Bonchev–Trinajstić information content (AvgIpc) is 2.89. The van der Waals surface area contributed by atoms with E-state index >= 15 is 0 Å². The molecule has 0 saturated carbocycles. The Morgan fingerprint density at radius 1 is 1.24 bits per heavy atom. The van der Waals surface area contributed by atoms with Crippen molar-refractivity contribution in [2.75, 3.05) is 13.2 Å². The topological polar surface area (TPSA) is 30.5 Å². The van der Waals surface area contributed by atoms with Gasteiger partial charge >= 0.3 is 0 Å². The number of hydrogen-bond donors (Lipinski definition) is 1. The highest BCUT2D eigenvalue weighted by Gasteiger charge is 2.51. The summed E-state index contributed by atoms with van der Waals surface area (Å²) >= 11 is 0. The zero-order chi connectivity index (χ0) is 14.1. The largest absolute Gasteiger partial charge is 0.343 e. The van der Waals surface area contributed by atoms with Crippen molar-refractivity contribution in [1.82, 2.24) is 5.32 Å². The smallest absolute Gasteiger partial charge is 0.195 e. The molecule has 2 fully saturated rings. The van der Waals surface area contributed by atoms with Crippen LogP contribution in [-0.2, 0) is 15.3 Å². The fourth-order valence-electron chi connectivity index (χ4n) is 3.45. The quantitative estimate of drug-likeness (QED) is 0.925. The molecular weight excluding hydrogens is 286 g/mol. The molecule has 0 aromatic heterocycles. The van der Waals surface area contributed by atoms with E-state index in [0.717, 1.165) is 18.5 Å². The number of benzene rings is 1. The Bertz CT molecular complexity index is 449. The summed E-state index contributed by atoms with van der Waals surface area (Å²) in [4.78, 5) is 0. The van der Waals surface area contributed by atoms with Gasteiger partial charge in [0.05, 0.1) is 6.61 Å². The molecule has 21 heavy (non-hydrogen) atoms. The molecule has 3 nitrogen and oxygen atoms in total. The molecule has 3 atom stereocenters. The van der Waals surface area contributed by atoms with Gasteiger partial charge in [-0.3, -0.25) is 0 Å². The lowest BCUT2D eigenvalue weighted by Gasteiger charge is -2.38. The van der Waals surface area contributed by atoms with Gasteiger partial charge < -0.3 is 14.8 Å². The summed E-state index contributed by atoms with van der Waals surface area (Å²) in [5, 5.41) is 3.61. The molecule has 0 unspecified atom stereocenters. The van der Waals surface area contributed by atoms with E-state index in [1.165, 1.54) is 19.3 Å². The van der Waals surface area contributed by atoms with Gasteiger partial charge in [-0.05, 0) is 26.3 Å². The number of nitrogens with one attached hydrogen (secondary N) is 1. The van der Waals surface area contributed by atoms with Gasteiger partial charge in [-0.1, -0.05) is 43.7 Å². The third-order valence-electron chi connectivity index (χ3n) is 4.72. The zero-order valence-corrected chi connectivity index (χ0v) is 13.7. The van der Waals surface area contributed by atoms with Crippen molar-refractivity contribution in [2.24, 2.45) is 0 Å². The summed E-state index contributed by atoms with van der Waals surface area (Å²) in [7, 11) is 0. The van der Waals surface area contributed by atoms with E-state index < -0.39 is 5.79 Å². The van der Waals surface area contributed by atoms with Crippen LogP contribution in [0.3, 0.4) is 0 Å². The van der Waals surface area contributed by atoms with Crippen molar-refractivity contribution >= 4 is 12.4 Å². The van der Waals surface area contributed by atoms with Gasteiger partial charge in [-0.2, -0.15) is 0 Å². The van der Waals surface area contributed by atoms with Gasteiger partial charge in [0.15, 0.2) is 5.79 Å². The van der Waals surface area contributed by atoms with Crippen molar-refractivity contribution in [1.29, 1.82) is 0 Å². The van der Waals surface area contributed by atoms with Crippen LogP contribution < -0.4 is 5.32 Å².